The van der Waals surface area contributed by atoms with E-state index in [1.807, 2.05) is 21.6 Å². The third-order valence-electron chi connectivity index (χ3n) is 5.80. The van der Waals surface area contributed by atoms with Crippen LogP contribution < -0.4 is 69.3 Å². The van der Waals surface area contributed by atoms with Crippen LogP contribution in [-0.2, 0) is 9.59 Å². The van der Waals surface area contributed by atoms with Gasteiger partial charge in [0.2, 0.25) is 0 Å². The molecular weight excluding hydrogens is 486 g/mol. The second-order valence-corrected chi connectivity index (χ2v) is 11.7. The molecule has 0 atom stereocenters. The number of hydrogen-bond donors (Lipinski definition) is 0. The fraction of sp³-hybridized carbons (Fsp3) is 0.923. The minimum atomic E-state index is -0.914. The van der Waals surface area contributed by atoms with Gasteiger partial charge in [0.05, 0.1) is 0 Å². The van der Waals surface area contributed by atoms with Crippen LogP contribution in [0.4, 0.5) is 0 Å². The molecule has 0 rings (SSSR count). The molecule has 0 aromatic carbocycles. The van der Waals surface area contributed by atoms with E-state index >= 15 is 0 Å². The molecule has 0 bridgehead atoms. The molecule has 0 fully saturated rings. The van der Waals surface area contributed by atoms with E-state index in [2.05, 4.69) is 0 Å². The van der Waals surface area contributed by atoms with Crippen molar-refractivity contribution >= 4 is 33.5 Å². The number of aliphatic carboxylic acids is 2. The molecule has 0 N–H and O–H groups in total. The normalized spacial score (nSPS) is 10.5. The number of rotatable bonds is 27. The van der Waals surface area contributed by atoms with Gasteiger partial charge < -0.3 is 19.8 Å². The summed E-state index contributed by atoms with van der Waals surface area (Å²) in [4.78, 5) is 20.6. The largest absolute Gasteiger partial charge is 1.00 e. The average Bonchev–Trinajstić information content (AvgIpc) is 2.75. The maximum atomic E-state index is 10.3. The summed E-state index contributed by atoms with van der Waals surface area (Å²) in [5.74, 6) is 0.739. The quantitative estimate of drug-likeness (QED) is 0.0866. The molecular formula is C26H48Na2O4S2. The minimum absolute atomic E-state index is 0. The van der Waals surface area contributed by atoms with Crippen molar-refractivity contribution in [3.05, 3.63) is 0 Å². The van der Waals surface area contributed by atoms with Gasteiger partial charge in [-0.05, 0) is 38.5 Å². The Kier molecular flexibility index (Phi) is 40.9. The zero-order chi connectivity index (χ0) is 23.5. The fourth-order valence-electron chi connectivity index (χ4n) is 3.81. The second-order valence-electron chi connectivity index (χ2n) is 8.96. The van der Waals surface area contributed by atoms with Crippen LogP contribution in [0.1, 0.15) is 141 Å². The Hall–Kier alpha value is 1.64. The van der Waals surface area contributed by atoms with Gasteiger partial charge in [-0.25, -0.2) is 0 Å². The Morgan fingerprint density at radius 1 is 0.382 bits per heavy atom. The standard InChI is InChI=1S/C26H50O4S2.2Na/c27-25(28)21-17-13-9-5-1-3-7-11-15-19-23-31-32-24-20-16-12-8-4-2-6-10-14-18-22-26(29)30;;/h1-24H2,(H,27,28)(H,29,30);;/q;2*+1/p-2. The van der Waals surface area contributed by atoms with E-state index in [9.17, 15) is 19.8 Å². The molecule has 0 spiro atoms. The van der Waals surface area contributed by atoms with Gasteiger partial charge >= 0.3 is 59.1 Å². The molecule has 0 radical (unpaired) electrons. The van der Waals surface area contributed by atoms with E-state index in [1.54, 1.807) is 0 Å². The topological polar surface area (TPSA) is 80.3 Å². The Morgan fingerprint density at radius 2 is 0.588 bits per heavy atom. The van der Waals surface area contributed by atoms with Crippen LogP contribution in [0.15, 0.2) is 0 Å². The van der Waals surface area contributed by atoms with Crippen molar-refractivity contribution < 1.29 is 78.9 Å². The maximum absolute atomic E-state index is 10.3. The summed E-state index contributed by atoms with van der Waals surface area (Å²) in [5, 5.41) is 20.6. The minimum Gasteiger partial charge on any atom is -0.550 e. The molecule has 0 aliphatic heterocycles. The van der Waals surface area contributed by atoms with Gasteiger partial charge in [0.15, 0.2) is 0 Å². The predicted octanol–water partition coefficient (Wildman–Crippen LogP) is 0.458. The van der Waals surface area contributed by atoms with Gasteiger partial charge in [0.1, 0.15) is 0 Å². The summed E-state index contributed by atoms with van der Waals surface area (Å²) in [6.07, 6.45) is 24.9. The predicted molar refractivity (Wildman–Crippen MR) is 137 cm³/mol. The first-order valence-corrected chi connectivity index (χ1v) is 15.8. The Bertz CT molecular complexity index is 392. The fourth-order valence-corrected chi connectivity index (χ4v) is 6.10. The molecule has 8 heteroatoms. The van der Waals surface area contributed by atoms with E-state index in [0.29, 0.717) is 0 Å². The van der Waals surface area contributed by atoms with E-state index in [0.717, 1.165) is 38.5 Å². The molecule has 0 aromatic heterocycles. The van der Waals surface area contributed by atoms with Crippen LogP contribution in [0.25, 0.3) is 0 Å². The van der Waals surface area contributed by atoms with Crippen molar-refractivity contribution in [1.82, 2.24) is 0 Å². The number of carboxylic acid groups (broad SMARTS) is 2. The number of carbonyl (C=O) groups excluding carboxylic acids is 2. The van der Waals surface area contributed by atoms with Crippen molar-refractivity contribution in [1.29, 1.82) is 0 Å². The third-order valence-corrected chi connectivity index (χ3v) is 8.38. The molecule has 0 heterocycles. The molecule has 4 nitrogen and oxygen atoms in total. The van der Waals surface area contributed by atoms with E-state index in [1.165, 1.54) is 101 Å². The molecule has 190 valence electrons. The summed E-state index contributed by atoms with van der Waals surface area (Å²) in [6, 6.07) is 0. The van der Waals surface area contributed by atoms with Crippen LogP contribution in [0.2, 0.25) is 0 Å². The molecule has 0 saturated carbocycles. The third kappa shape index (κ3) is 38.2. The SMILES string of the molecule is O=C([O-])CCCCCCCCCCCCSSCCCCCCCCCCCCC(=O)[O-].[Na+].[Na+]. The van der Waals surface area contributed by atoms with Crippen molar-refractivity contribution in [2.24, 2.45) is 0 Å². The smallest absolute Gasteiger partial charge is 0.550 e. The molecule has 0 saturated heterocycles. The number of unbranched alkanes of at least 4 members (excludes halogenated alkanes) is 18. The summed E-state index contributed by atoms with van der Waals surface area (Å²) in [6.45, 7) is 0. The average molecular weight is 535 g/mol. The van der Waals surface area contributed by atoms with E-state index in [4.69, 9.17) is 0 Å². The Labute approximate surface area is 262 Å². The molecule has 0 amide bonds. The first kappa shape index (κ1) is 40.1. The first-order chi connectivity index (χ1) is 15.6. The number of carboxylic acids is 2. The van der Waals surface area contributed by atoms with Crippen LogP contribution in [0.3, 0.4) is 0 Å². The van der Waals surface area contributed by atoms with Crippen molar-refractivity contribution in [2.75, 3.05) is 11.5 Å². The Balaban J connectivity index is -0.00000480. The van der Waals surface area contributed by atoms with Gasteiger partial charge in [-0.1, -0.05) is 124 Å². The molecule has 0 aliphatic rings. The molecule has 0 unspecified atom stereocenters. The van der Waals surface area contributed by atoms with Crippen LogP contribution in [-0.4, -0.2) is 23.4 Å². The van der Waals surface area contributed by atoms with E-state index < -0.39 is 11.9 Å². The maximum Gasteiger partial charge on any atom is 1.00 e. The van der Waals surface area contributed by atoms with Gasteiger partial charge in [-0.2, -0.15) is 0 Å². The summed E-state index contributed by atoms with van der Waals surface area (Å²) in [5.41, 5.74) is 0. The van der Waals surface area contributed by atoms with Crippen LogP contribution in [0.5, 0.6) is 0 Å². The van der Waals surface area contributed by atoms with Crippen molar-refractivity contribution in [2.45, 2.75) is 141 Å². The number of carbonyl (C=O) groups is 2. The summed E-state index contributed by atoms with van der Waals surface area (Å²) < 4.78 is 0. The second kappa shape index (κ2) is 34.6. The van der Waals surface area contributed by atoms with Crippen molar-refractivity contribution in [3.8, 4) is 0 Å². The zero-order valence-electron chi connectivity index (χ0n) is 22.4. The van der Waals surface area contributed by atoms with Gasteiger partial charge in [0.25, 0.3) is 0 Å². The molecule has 0 aromatic rings. The Morgan fingerprint density at radius 3 is 0.824 bits per heavy atom. The monoisotopic (exact) mass is 534 g/mol. The van der Waals surface area contributed by atoms with Gasteiger partial charge in [-0.3, -0.25) is 0 Å². The van der Waals surface area contributed by atoms with Crippen LogP contribution in [0, 0.1) is 0 Å². The van der Waals surface area contributed by atoms with Crippen LogP contribution >= 0.6 is 21.6 Å². The van der Waals surface area contributed by atoms with Gasteiger partial charge in [0, 0.05) is 23.4 Å². The first-order valence-electron chi connectivity index (χ1n) is 13.3. The summed E-state index contributed by atoms with van der Waals surface area (Å²) >= 11 is 0. The number of hydrogen-bond acceptors (Lipinski definition) is 6. The van der Waals surface area contributed by atoms with E-state index in [-0.39, 0.29) is 72.0 Å². The van der Waals surface area contributed by atoms with Gasteiger partial charge in [-0.15, -0.1) is 0 Å². The van der Waals surface area contributed by atoms with Crippen molar-refractivity contribution in [3.63, 3.8) is 0 Å². The molecule has 34 heavy (non-hydrogen) atoms. The zero-order valence-corrected chi connectivity index (χ0v) is 28.1. The molecule has 0 aliphatic carbocycles. The summed E-state index contributed by atoms with van der Waals surface area (Å²) in [7, 11) is 4.10.